The van der Waals surface area contributed by atoms with Crippen molar-refractivity contribution in [3.05, 3.63) is 0 Å². The number of amides is 2. The van der Waals surface area contributed by atoms with E-state index in [2.05, 4.69) is 5.32 Å². The number of carbonyl (C=O) groups is 2. The summed E-state index contributed by atoms with van der Waals surface area (Å²) in [6.07, 6.45) is 0.112. The topological polar surface area (TPSA) is 75.4 Å². The summed E-state index contributed by atoms with van der Waals surface area (Å²) in [6.45, 7) is 3.80. The number of hydrogen-bond donors (Lipinski definition) is 2. The molecule has 0 saturated carbocycles. The highest BCUT2D eigenvalue weighted by atomic mass is 16.2. The lowest BCUT2D eigenvalue weighted by atomic mass is 10.1. The van der Waals surface area contributed by atoms with Crippen LogP contribution in [-0.4, -0.2) is 42.9 Å². The van der Waals surface area contributed by atoms with Crippen LogP contribution in [0.1, 0.15) is 20.3 Å². The minimum atomic E-state index is -0.579. The summed E-state index contributed by atoms with van der Waals surface area (Å²) < 4.78 is 0. The molecule has 2 amide bonds. The first-order chi connectivity index (χ1) is 6.34. The molecule has 1 atom stereocenters. The van der Waals surface area contributed by atoms with E-state index in [1.54, 1.807) is 14.1 Å². The van der Waals surface area contributed by atoms with Gasteiger partial charge in [0.2, 0.25) is 11.8 Å². The van der Waals surface area contributed by atoms with Crippen LogP contribution in [0.3, 0.4) is 0 Å². The maximum absolute atomic E-state index is 11.3. The molecule has 0 aliphatic rings. The lowest BCUT2D eigenvalue weighted by Gasteiger charge is -2.19. The van der Waals surface area contributed by atoms with Crippen molar-refractivity contribution in [2.24, 2.45) is 5.73 Å². The van der Waals surface area contributed by atoms with Crippen molar-refractivity contribution in [3.8, 4) is 0 Å². The Labute approximate surface area is 84.6 Å². The SMILES string of the molecule is CC(C)NC(CC(=O)N(C)C)C(N)=O. The Morgan fingerprint density at radius 2 is 1.86 bits per heavy atom. The molecule has 0 bridgehead atoms. The third kappa shape index (κ3) is 4.81. The van der Waals surface area contributed by atoms with Gasteiger partial charge in [0.25, 0.3) is 0 Å². The molecule has 3 N–H and O–H groups in total. The second kappa shape index (κ2) is 5.59. The first-order valence-electron chi connectivity index (χ1n) is 4.60. The largest absolute Gasteiger partial charge is 0.368 e. The maximum Gasteiger partial charge on any atom is 0.235 e. The van der Waals surface area contributed by atoms with E-state index in [0.717, 1.165) is 0 Å². The highest BCUT2D eigenvalue weighted by Crippen LogP contribution is 1.97. The molecule has 0 radical (unpaired) electrons. The molecule has 0 rings (SSSR count). The molecule has 14 heavy (non-hydrogen) atoms. The van der Waals surface area contributed by atoms with E-state index in [0.29, 0.717) is 0 Å². The van der Waals surface area contributed by atoms with E-state index < -0.39 is 11.9 Å². The van der Waals surface area contributed by atoms with Gasteiger partial charge in [0.1, 0.15) is 0 Å². The van der Waals surface area contributed by atoms with E-state index >= 15 is 0 Å². The van der Waals surface area contributed by atoms with Crippen molar-refractivity contribution in [2.45, 2.75) is 32.4 Å². The molecule has 0 aromatic carbocycles. The van der Waals surface area contributed by atoms with Gasteiger partial charge < -0.3 is 16.0 Å². The summed E-state index contributed by atoms with van der Waals surface area (Å²) in [5, 5.41) is 2.94. The zero-order chi connectivity index (χ0) is 11.3. The number of rotatable bonds is 5. The summed E-state index contributed by atoms with van der Waals surface area (Å²) >= 11 is 0. The number of nitrogens with zero attached hydrogens (tertiary/aromatic N) is 1. The summed E-state index contributed by atoms with van der Waals surface area (Å²) in [6, 6.07) is -0.452. The van der Waals surface area contributed by atoms with Crippen LogP contribution in [0.2, 0.25) is 0 Å². The molecule has 5 nitrogen and oxygen atoms in total. The van der Waals surface area contributed by atoms with Crippen molar-refractivity contribution >= 4 is 11.8 Å². The van der Waals surface area contributed by atoms with Crippen LogP contribution in [0.4, 0.5) is 0 Å². The molecule has 0 aromatic heterocycles. The first kappa shape index (κ1) is 12.9. The van der Waals surface area contributed by atoms with Crippen LogP contribution in [0, 0.1) is 0 Å². The summed E-state index contributed by atoms with van der Waals surface area (Å²) in [5.74, 6) is -0.601. The maximum atomic E-state index is 11.3. The highest BCUT2D eigenvalue weighted by molar-refractivity contribution is 5.87. The van der Waals surface area contributed by atoms with Crippen molar-refractivity contribution in [1.82, 2.24) is 10.2 Å². The molecule has 0 aromatic rings. The minimum absolute atomic E-state index is 0.109. The van der Waals surface area contributed by atoms with Gasteiger partial charge in [-0.15, -0.1) is 0 Å². The molecular formula is C9H19N3O2. The summed E-state index contributed by atoms with van der Waals surface area (Å²) in [7, 11) is 3.30. The quantitative estimate of drug-likeness (QED) is 0.618. The van der Waals surface area contributed by atoms with Crippen molar-refractivity contribution in [1.29, 1.82) is 0 Å². The number of nitrogens with one attached hydrogen (secondary N) is 1. The zero-order valence-corrected chi connectivity index (χ0v) is 9.20. The molecule has 0 heterocycles. The predicted octanol–water partition coefficient (Wildman–Crippen LogP) is -0.683. The number of nitrogens with two attached hydrogens (primary N) is 1. The highest BCUT2D eigenvalue weighted by Gasteiger charge is 2.20. The van der Waals surface area contributed by atoms with Gasteiger partial charge in [0.05, 0.1) is 12.5 Å². The lowest BCUT2D eigenvalue weighted by Crippen LogP contribution is -2.47. The molecule has 1 unspecified atom stereocenters. The molecule has 0 aliphatic carbocycles. The van der Waals surface area contributed by atoms with Gasteiger partial charge in [-0.1, -0.05) is 13.8 Å². The molecule has 0 fully saturated rings. The predicted molar refractivity (Wildman–Crippen MR) is 54.6 cm³/mol. The van der Waals surface area contributed by atoms with Gasteiger partial charge >= 0.3 is 0 Å². The van der Waals surface area contributed by atoms with E-state index in [9.17, 15) is 9.59 Å². The fourth-order valence-electron chi connectivity index (χ4n) is 1.00. The Bertz CT molecular complexity index is 214. The van der Waals surface area contributed by atoms with Gasteiger partial charge in [0, 0.05) is 20.1 Å². The molecular weight excluding hydrogens is 182 g/mol. The number of carbonyl (C=O) groups excluding carboxylic acids is 2. The third-order valence-electron chi connectivity index (χ3n) is 1.76. The van der Waals surface area contributed by atoms with Gasteiger partial charge in [0.15, 0.2) is 0 Å². The average molecular weight is 201 g/mol. The van der Waals surface area contributed by atoms with Crippen LogP contribution in [0.5, 0.6) is 0 Å². The molecule has 82 valence electrons. The summed E-state index contributed by atoms with van der Waals surface area (Å²) in [5.41, 5.74) is 5.16. The molecule has 0 aliphatic heterocycles. The second-order valence-corrected chi connectivity index (χ2v) is 3.77. The van der Waals surface area contributed by atoms with Gasteiger partial charge in [-0.2, -0.15) is 0 Å². The first-order valence-corrected chi connectivity index (χ1v) is 4.60. The van der Waals surface area contributed by atoms with E-state index in [1.165, 1.54) is 4.90 Å². The van der Waals surface area contributed by atoms with Gasteiger partial charge in [-0.3, -0.25) is 9.59 Å². The molecule has 0 spiro atoms. The van der Waals surface area contributed by atoms with Crippen molar-refractivity contribution < 1.29 is 9.59 Å². The van der Waals surface area contributed by atoms with Crippen LogP contribution in [0.15, 0.2) is 0 Å². The lowest BCUT2D eigenvalue weighted by molar-refractivity contribution is -0.132. The molecule has 5 heteroatoms. The normalized spacial score (nSPS) is 12.6. The minimum Gasteiger partial charge on any atom is -0.368 e. The second-order valence-electron chi connectivity index (χ2n) is 3.77. The molecule has 0 saturated heterocycles. The van der Waals surface area contributed by atoms with Gasteiger partial charge in [-0.25, -0.2) is 0 Å². The Balaban J connectivity index is 4.23. The van der Waals surface area contributed by atoms with Crippen molar-refractivity contribution in [3.63, 3.8) is 0 Å². The van der Waals surface area contributed by atoms with Crippen LogP contribution < -0.4 is 11.1 Å². The number of hydrogen-bond acceptors (Lipinski definition) is 3. The Hall–Kier alpha value is -1.10. The average Bonchev–Trinajstić information content (AvgIpc) is 2.01. The fourth-order valence-corrected chi connectivity index (χ4v) is 1.00. The van der Waals surface area contributed by atoms with E-state index in [4.69, 9.17) is 5.73 Å². The smallest absolute Gasteiger partial charge is 0.235 e. The zero-order valence-electron chi connectivity index (χ0n) is 9.20. The summed E-state index contributed by atoms with van der Waals surface area (Å²) in [4.78, 5) is 23.7. The monoisotopic (exact) mass is 201 g/mol. The Morgan fingerprint density at radius 3 is 2.14 bits per heavy atom. The number of primary amides is 1. The van der Waals surface area contributed by atoms with Crippen LogP contribution in [-0.2, 0) is 9.59 Å². The van der Waals surface area contributed by atoms with E-state index in [-0.39, 0.29) is 18.4 Å². The standard InChI is InChI=1S/C9H19N3O2/c1-6(2)11-7(9(10)14)5-8(13)12(3)4/h6-7,11H,5H2,1-4H3,(H2,10,14). The van der Waals surface area contributed by atoms with Crippen LogP contribution in [0.25, 0.3) is 0 Å². The van der Waals surface area contributed by atoms with Crippen LogP contribution >= 0.6 is 0 Å². The van der Waals surface area contributed by atoms with E-state index in [1.807, 2.05) is 13.8 Å². The Morgan fingerprint density at radius 1 is 1.36 bits per heavy atom. The third-order valence-corrected chi connectivity index (χ3v) is 1.76. The fraction of sp³-hybridized carbons (Fsp3) is 0.778. The van der Waals surface area contributed by atoms with Crippen molar-refractivity contribution in [2.75, 3.05) is 14.1 Å². The van der Waals surface area contributed by atoms with Gasteiger partial charge in [-0.05, 0) is 0 Å². The Kier molecular flexibility index (Phi) is 5.15.